The van der Waals surface area contributed by atoms with Crippen molar-refractivity contribution >= 4 is 15.9 Å². The normalized spacial score (nSPS) is 12.6. The van der Waals surface area contributed by atoms with Crippen molar-refractivity contribution in [1.29, 1.82) is 0 Å². The van der Waals surface area contributed by atoms with Crippen LogP contribution < -0.4 is 0 Å². The molecule has 2 rings (SSSR count). The van der Waals surface area contributed by atoms with Crippen LogP contribution in [0, 0.1) is 0 Å². The molecule has 0 aliphatic carbocycles. The lowest BCUT2D eigenvalue weighted by Crippen LogP contribution is -2.25. The third-order valence-electron chi connectivity index (χ3n) is 3.54. The predicted octanol–water partition coefficient (Wildman–Crippen LogP) is 3.79. The molecule has 0 aliphatic heterocycles. The molecule has 1 aromatic heterocycles. The van der Waals surface area contributed by atoms with Crippen molar-refractivity contribution in [3.8, 4) is 0 Å². The van der Waals surface area contributed by atoms with Gasteiger partial charge in [-0.15, -0.1) is 0 Å². The van der Waals surface area contributed by atoms with Crippen molar-refractivity contribution in [2.24, 2.45) is 0 Å². The van der Waals surface area contributed by atoms with E-state index in [1.165, 1.54) is 0 Å². The summed E-state index contributed by atoms with van der Waals surface area (Å²) < 4.78 is 0.963. The van der Waals surface area contributed by atoms with Crippen LogP contribution in [0.15, 0.2) is 53.1 Å². The average molecular weight is 349 g/mol. The fourth-order valence-corrected chi connectivity index (χ4v) is 2.82. The van der Waals surface area contributed by atoms with E-state index in [1.807, 2.05) is 48.7 Å². The van der Waals surface area contributed by atoms with E-state index in [2.05, 4.69) is 32.7 Å². The second-order valence-corrected chi connectivity index (χ2v) is 5.87. The number of nitrogens with zero attached hydrogens (tertiary/aromatic N) is 2. The summed E-state index contributed by atoms with van der Waals surface area (Å²) in [4.78, 5) is 6.65. The SMILES string of the molecule is CCN(CCC(O)c1ccccc1Br)Cc1ccccn1. The molecule has 0 aliphatic rings. The maximum absolute atomic E-state index is 10.3. The molecule has 21 heavy (non-hydrogen) atoms. The first kappa shape index (κ1) is 16.1. The molecule has 0 amide bonds. The van der Waals surface area contributed by atoms with Crippen molar-refractivity contribution in [1.82, 2.24) is 9.88 Å². The molecular weight excluding hydrogens is 328 g/mol. The smallest absolute Gasteiger partial charge is 0.0813 e. The lowest BCUT2D eigenvalue weighted by molar-refractivity contribution is 0.140. The number of rotatable bonds is 7. The first-order valence-corrected chi connectivity index (χ1v) is 8.04. The molecule has 0 saturated carbocycles. The zero-order valence-corrected chi connectivity index (χ0v) is 13.8. The molecule has 1 atom stereocenters. The number of aliphatic hydroxyl groups is 1. The molecule has 0 radical (unpaired) electrons. The van der Waals surface area contributed by atoms with Crippen LogP contribution in [-0.4, -0.2) is 28.1 Å². The van der Waals surface area contributed by atoms with Crippen LogP contribution in [0.1, 0.15) is 30.7 Å². The van der Waals surface area contributed by atoms with Gasteiger partial charge in [-0.25, -0.2) is 0 Å². The van der Waals surface area contributed by atoms with Gasteiger partial charge in [0.25, 0.3) is 0 Å². The molecule has 2 aromatic rings. The number of aliphatic hydroxyl groups excluding tert-OH is 1. The summed E-state index contributed by atoms with van der Waals surface area (Å²) in [5, 5.41) is 10.3. The van der Waals surface area contributed by atoms with Gasteiger partial charge >= 0.3 is 0 Å². The van der Waals surface area contributed by atoms with Crippen molar-refractivity contribution in [2.45, 2.75) is 26.0 Å². The maximum Gasteiger partial charge on any atom is 0.0813 e. The van der Waals surface area contributed by atoms with Gasteiger partial charge < -0.3 is 5.11 Å². The Morgan fingerprint density at radius 1 is 1.19 bits per heavy atom. The van der Waals surface area contributed by atoms with Gasteiger partial charge in [0, 0.05) is 23.8 Å². The summed E-state index contributed by atoms with van der Waals surface area (Å²) in [7, 11) is 0. The highest BCUT2D eigenvalue weighted by Gasteiger charge is 2.13. The first-order valence-electron chi connectivity index (χ1n) is 7.25. The molecule has 3 nitrogen and oxygen atoms in total. The summed E-state index contributed by atoms with van der Waals surface area (Å²) in [5.74, 6) is 0. The minimum atomic E-state index is -0.446. The largest absolute Gasteiger partial charge is 0.388 e. The Labute approximate surface area is 134 Å². The van der Waals surface area contributed by atoms with Gasteiger partial charge in [0.2, 0.25) is 0 Å². The number of hydrogen-bond donors (Lipinski definition) is 1. The zero-order valence-electron chi connectivity index (χ0n) is 12.2. The predicted molar refractivity (Wildman–Crippen MR) is 88.9 cm³/mol. The third kappa shape index (κ3) is 4.92. The number of pyridine rings is 1. The van der Waals surface area contributed by atoms with E-state index < -0.39 is 6.10 Å². The van der Waals surface area contributed by atoms with Crippen LogP contribution in [0.2, 0.25) is 0 Å². The van der Waals surface area contributed by atoms with E-state index in [1.54, 1.807) is 0 Å². The fraction of sp³-hybridized carbons (Fsp3) is 0.353. The Bertz CT molecular complexity index is 547. The van der Waals surface area contributed by atoms with E-state index in [0.29, 0.717) is 6.42 Å². The molecule has 1 unspecified atom stereocenters. The Morgan fingerprint density at radius 3 is 2.62 bits per heavy atom. The second-order valence-electron chi connectivity index (χ2n) is 5.02. The Hall–Kier alpha value is -1.23. The van der Waals surface area contributed by atoms with Crippen LogP contribution in [0.5, 0.6) is 0 Å². The van der Waals surface area contributed by atoms with Crippen molar-refractivity contribution in [3.05, 3.63) is 64.4 Å². The van der Waals surface area contributed by atoms with Crippen molar-refractivity contribution in [3.63, 3.8) is 0 Å². The van der Waals surface area contributed by atoms with E-state index in [9.17, 15) is 5.11 Å². The molecule has 0 bridgehead atoms. The molecule has 1 N–H and O–H groups in total. The van der Waals surface area contributed by atoms with E-state index in [4.69, 9.17) is 0 Å². The summed E-state index contributed by atoms with van der Waals surface area (Å²) in [6, 6.07) is 13.8. The lowest BCUT2D eigenvalue weighted by Gasteiger charge is -2.22. The second kappa shape index (κ2) is 8.27. The number of halogens is 1. The standard InChI is InChI=1S/C17H21BrN2O/c1-2-20(13-14-7-5-6-11-19-14)12-10-17(21)15-8-3-4-9-16(15)18/h3-9,11,17,21H,2,10,12-13H2,1H3. The van der Waals surface area contributed by atoms with Gasteiger partial charge in [-0.1, -0.05) is 47.1 Å². The summed E-state index contributed by atoms with van der Waals surface area (Å²) in [6.07, 6.45) is 2.08. The van der Waals surface area contributed by atoms with Gasteiger partial charge in [0.1, 0.15) is 0 Å². The van der Waals surface area contributed by atoms with Crippen LogP contribution in [-0.2, 0) is 6.54 Å². The highest BCUT2D eigenvalue weighted by atomic mass is 79.9. The minimum Gasteiger partial charge on any atom is -0.388 e. The first-order chi connectivity index (χ1) is 10.2. The molecule has 0 saturated heterocycles. The minimum absolute atomic E-state index is 0.446. The van der Waals surface area contributed by atoms with Gasteiger partial charge in [0.05, 0.1) is 11.8 Å². The van der Waals surface area contributed by atoms with Crippen LogP contribution >= 0.6 is 15.9 Å². The number of aromatic nitrogens is 1. The summed E-state index contributed by atoms with van der Waals surface area (Å²) >= 11 is 3.49. The monoisotopic (exact) mass is 348 g/mol. The van der Waals surface area contributed by atoms with E-state index >= 15 is 0 Å². The Kier molecular flexibility index (Phi) is 6.36. The maximum atomic E-state index is 10.3. The quantitative estimate of drug-likeness (QED) is 0.826. The highest BCUT2D eigenvalue weighted by molar-refractivity contribution is 9.10. The van der Waals surface area contributed by atoms with Gasteiger partial charge in [-0.3, -0.25) is 9.88 Å². The lowest BCUT2D eigenvalue weighted by atomic mass is 10.1. The molecule has 0 spiro atoms. The fourth-order valence-electron chi connectivity index (χ4n) is 2.28. The third-order valence-corrected chi connectivity index (χ3v) is 4.26. The number of benzene rings is 1. The van der Waals surface area contributed by atoms with Gasteiger partial charge in [0.15, 0.2) is 0 Å². The summed E-state index contributed by atoms with van der Waals surface area (Å²) in [5.41, 5.74) is 2.01. The molecule has 1 aromatic carbocycles. The van der Waals surface area contributed by atoms with Gasteiger partial charge in [-0.2, -0.15) is 0 Å². The van der Waals surface area contributed by atoms with Crippen molar-refractivity contribution in [2.75, 3.05) is 13.1 Å². The molecule has 4 heteroatoms. The van der Waals surface area contributed by atoms with Gasteiger partial charge in [-0.05, 0) is 36.7 Å². The molecule has 112 valence electrons. The molecule has 0 fully saturated rings. The van der Waals surface area contributed by atoms with Crippen LogP contribution in [0.25, 0.3) is 0 Å². The average Bonchev–Trinajstić information content (AvgIpc) is 2.52. The highest BCUT2D eigenvalue weighted by Crippen LogP contribution is 2.25. The van der Waals surface area contributed by atoms with Crippen LogP contribution in [0.4, 0.5) is 0 Å². The summed E-state index contributed by atoms with van der Waals surface area (Å²) in [6.45, 7) is 4.74. The topological polar surface area (TPSA) is 36.4 Å². The van der Waals surface area contributed by atoms with E-state index in [0.717, 1.165) is 35.4 Å². The Balaban J connectivity index is 1.90. The zero-order chi connectivity index (χ0) is 15.1. The number of hydrogen-bond acceptors (Lipinski definition) is 3. The molecule has 1 heterocycles. The van der Waals surface area contributed by atoms with E-state index in [-0.39, 0.29) is 0 Å². The Morgan fingerprint density at radius 2 is 1.95 bits per heavy atom. The van der Waals surface area contributed by atoms with Crippen LogP contribution in [0.3, 0.4) is 0 Å². The van der Waals surface area contributed by atoms with Crippen molar-refractivity contribution < 1.29 is 5.11 Å². The molecular formula is C17H21BrN2O.